The van der Waals surface area contributed by atoms with Crippen LogP contribution in [0, 0.1) is 19.8 Å². The minimum absolute atomic E-state index is 0. The Balaban J connectivity index is 0.00000110. The third kappa shape index (κ3) is 4.13. The third-order valence-electron chi connectivity index (χ3n) is 5.01. The summed E-state index contributed by atoms with van der Waals surface area (Å²) in [4.78, 5) is 2.71. The number of aryl methyl sites for hydroxylation is 2. The zero-order valence-electron chi connectivity index (χ0n) is 13.1. The van der Waals surface area contributed by atoms with Crippen molar-refractivity contribution < 1.29 is 0 Å². The number of nitrogens with one attached hydrogen (secondary N) is 1. The van der Waals surface area contributed by atoms with E-state index in [1.165, 1.54) is 43.5 Å². The lowest BCUT2D eigenvalue weighted by Crippen LogP contribution is -2.47. The lowest BCUT2D eigenvalue weighted by Gasteiger charge is -2.43. The molecule has 1 heterocycles. The zero-order chi connectivity index (χ0) is 13.2. The maximum atomic E-state index is 3.47. The van der Waals surface area contributed by atoms with Crippen LogP contribution in [0.1, 0.15) is 42.0 Å². The standard InChI is InChI=1S/C17H26N2.2ClH/c1-13-6-7-16(12-14(13)2)17(15-4-3-5-15)19-10-8-18-9-11-19;;/h6-7,12,15,17-18H,3-5,8-11H2,1-2H3;2*1H/t17-;;/m0../s1. The molecule has 1 N–H and O–H groups in total. The Morgan fingerprint density at radius 3 is 2.24 bits per heavy atom. The van der Waals surface area contributed by atoms with E-state index in [-0.39, 0.29) is 24.8 Å². The highest BCUT2D eigenvalue weighted by molar-refractivity contribution is 5.85. The predicted octanol–water partition coefficient (Wildman–Crippen LogP) is 3.89. The maximum absolute atomic E-state index is 3.47. The van der Waals surface area contributed by atoms with Crippen LogP contribution in [0.4, 0.5) is 0 Å². The quantitative estimate of drug-likeness (QED) is 0.904. The fourth-order valence-corrected chi connectivity index (χ4v) is 3.45. The second-order valence-corrected chi connectivity index (χ2v) is 6.27. The van der Waals surface area contributed by atoms with Crippen LogP contribution in [0.25, 0.3) is 0 Å². The first-order valence-electron chi connectivity index (χ1n) is 7.77. The second-order valence-electron chi connectivity index (χ2n) is 6.27. The van der Waals surface area contributed by atoms with Crippen LogP contribution in [-0.4, -0.2) is 31.1 Å². The number of halogens is 2. The van der Waals surface area contributed by atoms with Gasteiger partial charge in [-0.3, -0.25) is 4.90 Å². The molecule has 0 unspecified atom stereocenters. The maximum Gasteiger partial charge on any atom is 0.0377 e. The van der Waals surface area contributed by atoms with Crippen molar-refractivity contribution in [3.05, 3.63) is 34.9 Å². The van der Waals surface area contributed by atoms with Gasteiger partial charge >= 0.3 is 0 Å². The average molecular weight is 331 g/mol. The Morgan fingerprint density at radius 1 is 1.05 bits per heavy atom. The Bertz CT molecular complexity index is 440. The monoisotopic (exact) mass is 330 g/mol. The number of piperazine rings is 1. The molecular weight excluding hydrogens is 303 g/mol. The van der Waals surface area contributed by atoms with Gasteiger partial charge in [0.15, 0.2) is 0 Å². The van der Waals surface area contributed by atoms with Crippen molar-refractivity contribution in [3.63, 3.8) is 0 Å². The van der Waals surface area contributed by atoms with Gasteiger partial charge in [0.25, 0.3) is 0 Å². The van der Waals surface area contributed by atoms with Crippen LogP contribution in [0.5, 0.6) is 0 Å². The largest absolute Gasteiger partial charge is 0.314 e. The molecule has 1 aliphatic carbocycles. The summed E-state index contributed by atoms with van der Waals surface area (Å²) >= 11 is 0. The summed E-state index contributed by atoms with van der Waals surface area (Å²) in [6.45, 7) is 9.15. The predicted molar refractivity (Wildman–Crippen MR) is 94.9 cm³/mol. The van der Waals surface area contributed by atoms with Crippen molar-refractivity contribution in [3.8, 4) is 0 Å². The molecule has 0 amide bonds. The summed E-state index contributed by atoms with van der Waals surface area (Å²) < 4.78 is 0. The third-order valence-corrected chi connectivity index (χ3v) is 5.01. The van der Waals surface area contributed by atoms with E-state index in [0.717, 1.165) is 19.0 Å². The highest BCUT2D eigenvalue weighted by Crippen LogP contribution is 2.41. The topological polar surface area (TPSA) is 15.3 Å². The SMILES string of the molecule is Cc1ccc([C@H](C2CCC2)N2CCNCC2)cc1C.Cl.Cl. The number of hydrogen-bond donors (Lipinski definition) is 1. The number of nitrogens with zero attached hydrogens (tertiary/aromatic N) is 1. The molecule has 0 radical (unpaired) electrons. The molecule has 1 atom stereocenters. The van der Waals surface area contributed by atoms with Gasteiger partial charge in [-0.25, -0.2) is 0 Å². The van der Waals surface area contributed by atoms with Gasteiger partial charge in [-0.1, -0.05) is 24.6 Å². The lowest BCUT2D eigenvalue weighted by molar-refractivity contribution is 0.0837. The molecule has 1 saturated heterocycles. The molecule has 0 spiro atoms. The van der Waals surface area contributed by atoms with E-state index in [0.29, 0.717) is 6.04 Å². The first-order valence-corrected chi connectivity index (χ1v) is 7.77. The number of rotatable bonds is 3. The Hall–Kier alpha value is -0.280. The molecule has 3 rings (SSSR count). The molecular formula is C17H28Cl2N2. The number of benzene rings is 1. The molecule has 1 saturated carbocycles. The summed E-state index contributed by atoms with van der Waals surface area (Å²) in [5.74, 6) is 0.889. The minimum Gasteiger partial charge on any atom is -0.314 e. The van der Waals surface area contributed by atoms with E-state index < -0.39 is 0 Å². The molecule has 2 nitrogen and oxygen atoms in total. The van der Waals surface area contributed by atoms with Crippen molar-refractivity contribution in [1.82, 2.24) is 10.2 Å². The van der Waals surface area contributed by atoms with Gasteiger partial charge in [0.2, 0.25) is 0 Å². The van der Waals surface area contributed by atoms with Crippen LogP contribution < -0.4 is 5.32 Å². The van der Waals surface area contributed by atoms with E-state index in [4.69, 9.17) is 0 Å². The summed E-state index contributed by atoms with van der Waals surface area (Å²) in [5.41, 5.74) is 4.41. The fourth-order valence-electron chi connectivity index (χ4n) is 3.45. The lowest BCUT2D eigenvalue weighted by atomic mass is 9.76. The first kappa shape index (κ1) is 18.8. The summed E-state index contributed by atoms with van der Waals surface area (Å²) in [7, 11) is 0. The Labute approximate surface area is 141 Å². The molecule has 120 valence electrons. The highest BCUT2D eigenvalue weighted by atomic mass is 35.5. The second kappa shape index (κ2) is 8.38. The summed E-state index contributed by atoms with van der Waals surface area (Å²) in [6.07, 6.45) is 4.27. The van der Waals surface area contributed by atoms with Gasteiger partial charge in [0.1, 0.15) is 0 Å². The van der Waals surface area contributed by atoms with Gasteiger partial charge in [0, 0.05) is 32.2 Å². The number of hydrogen-bond acceptors (Lipinski definition) is 2. The van der Waals surface area contributed by atoms with E-state index >= 15 is 0 Å². The normalized spacial score (nSPS) is 20.9. The molecule has 0 bridgehead atoms. The molecule has 21 heavy (non-hydrogen) atoms. The Kier molecular flexibility index (Phi) is 7.49. The van der Waals surface area contributed by atoms with E-state index in [9.17, 15) is 0 Å². The van der Waals surface area contributed by atoms with Crippen LogP contribution in [0.2, 0.25) is 0 Å². The van der Waals surface area contributed by atoms with Gasteiger partial charge in [-0.2, -0.15) is 0 Å². The van der Waals surface area contributed by atoms with Crippen LogP contribution >= 0.6 is 24.8 Å². The van der Waals surface area contributed by atoms with Crippen molar-refractivity contribution in [2.24, 2.45) is 5.92 Å². The first-order chi connectivity index (χ1) is 9.25. The minimum atomic E-state index is 0. The van der Waals surface area contributed by atoms with Crippen LogP contribution in [0.3, 0.4) is 0 Å². The fraction of sp³-hybridized carbons (Fsp3) is 0.647. The smallest absolute Gasteiger partial charge is 0.0377 e. The van der Waals surface area contributed by atoms with Crippen LogP contribution in [-0.2, 0) is 0 Å². The van der Waals surface area contributed by atoms with Crippen molar-refractivity contribution in [2.45, 2.75) is 39.2 Å². The van der Waals surface area contributed by atoms with E-state index in [2.05, 4.69) is 42.3 Å². The molecule has 2 aliphatic rings. The van der Waals surface area contributed by atoms with Gasteiger partial charge in [0.05, 0.1) is 0 Å². The molecule has 2 fully saturated rings. The van der Waals surface area contributed by atoms with Gasteiger partial charge in [-0.05, 0) is 49.3 Å². The van der Waals surface area contributed by atoms with Crippen molar-refractivity contribution in [2.75, 3.05) is 26.2 Å². The van der Waals surface area contributed by atoms with Crippen molar-refractivity contribution in [1.29, 1.82) is 0 Å². The average Bonchev–Trinajstić information content (AvgIpc) is 2.38. The Morgan fingerprint density at radius 2 is 1.71 bits per heavy atom. The molecule has 1 aliphatic heterocycles. The van der Waals surface area contributed by atoms with Gasteiger partial charge < -0.3 is 5.32 Å². The molecule has 0 aromatic heterocycles. The summed E-state index contributed by atoms with van der Waals surface area (Å²) in [6, 6.07) is 7.77. The molecule has 1 aromatic rings. The highest BCUT2D eigenvalue weighted by Gasteiger charge is 2.33. The molecule has 4 heteroatoms. The van der Waals surface area contributed by atoms with Crippen LogP contribution in [0.15, 0.2) is 18.2 Å². The summed E-state index contributed by atoms with van der Waals surface area (Å²) in [5, 5.41) is 3.47. The van der Waals surface area contributed by atoms with Gasteiger partial charge in [-0.15, -0.1) is 24.8 Å². The van der Waals surface area contributed by atoms with E-state index in [1.54, 1.807) is 5.56 Å². The molecule has 1 aromatic carbocycles. The van der Waals surface area contributed by atoms with E-state index in [1.807, 2.05) is 0 Å². The zero-order valence-corrected chi connectivity index (χ0v) is 14.7. The van der Waals surface area contributed by atoms with Crippen molar-refractivity contribution >= 4 is 24.8 Å².